The number of hydrogen-bond acceptors (Lipinski definition) is 5. The summed E-state index contributed by atoms with van der Waals surface area (Å²) in [5, 5.41) is 15.5. The molecule has 0 radical (unpaired) electrons. The first-order valence-electron chi connectivity index (χ1n) is 5.35. The van der Waals surface area contributed by atoms with Gasteiger partial charge >= 0.3 is 0 Å². The molecule has 0 saturated heterocycles. The molecule has 0 fully saturated rings. The highest BCUT2D eigenvalue weighted by atomic mass is 32.2. The zero-order chi connectivity index (χ0) is 15.7. The molecule has 0 spiro atoms. The fourth-order valence-electron chi connectivity index (χ4n) is 1.40. The highest BCUT2D eigenvalue weighted by Gasteiger charge is 2.27. The lowest BCUT2D eigenvalue weighted by molar-refractivity contribution is -0.385. The number of primary sulfonamides is 1. The summed E-state index contributed by atoms with van der Waals surface area (Å²) >= 11 is 0. The molecule has 0 saturated carbocycles. The predicted octanol–water partition coefficient (Wildman–Crippen LogP) is 0.473. The number of non-ortho nitro benzene ring substituents is 1. The van der Waals surface area contributed by atoms with Gasteiger partial charge in [0.25, 0.3) is 11.6 Å². The Morgan fingerprint density at radius 1 is 1.50 bits per heavy atom. The molecule has 0 aliphatic heterocycles. The summed E-state index contributed by atoms with van der Waals surface area (Å²) in [6.07, 6.45) is 0. The van der Waals surface area contributed by atoms with Crippen molar-refractivity contribution >= 4 is 21.6 Å². The Morgan fingerprint density at radius 3 is 2.45 bits per heavy atom. The number of nitrogens with two attached hydrogens (primary N) is 1. The lowest BCUT2D eigenvalue weighted by Gasteiger charge is -2.15. The van der Waals surface area contributed by atoms with Crippen LogP contribution in [0.1, 0.15) is 17.3 Å². The summed E-state index contributed by atoms with van der Waals surface area (Å²) < 4.78 is 36.5. The van der Waals surface area contributed by atoms with Crippen LogP contribution in [0, 0.1) is 15.9 Å². The van der Waals surface area contributed by atoms with Crippen LogP contribution in [0.15, 0.2) is 17.0 Å². The van der Waals surface area contributed by atoms with Crippen molar-refractivity contribution in [1.29, 1.82) is 0 Å². The summed E-state index contributed by atoms with van der Waals surface area (Å²) in [6, 6.07) is 1.16. The number of carbonyl (C=O) groups excluding carboxylic acids is 1. The zero-order valence-electron chi connectivity index (χ0n) is 10.7. The Balaban J connectivity index is 3.64. The standard InChI is InChI=1S/C10H12FN3O5S/c1-3-13(2)10(15)7-4-6(14(16)17)5-8(9(7)11)20(12,18)19/h4-5H,3H2,1-2H3,(H2,12,18,19). The summed E-state index contributed by atoms with van der Waals surface area (Å²) in [7, 11) is -3.18. The first kappa shape index (κ1) is 16.0. The molecule has 110 valence electrons. The number of nitrogens with zero attached hydrogens (tertiary/aromatic N) is 2. The lowest BCUT2D eigenvalue weighted by atomic mass is 10.1. The largest absolute Gasteiger partial charge is 0.342 e. The van der Waals surface area contributed by atoms with Crippen LogP contribution in [0.2, 0.25) is 0 Å². The number of sulfonamides is 1. The minimum absolute atomic E-state index is 0.214. The van der Waals surface area contributed by atoms with Gasteiger partial charge in [0.15, 0.2) is 5.82 Å². The van der Waals surface area contributed by atoms with E-state index in [1.807, 2.05) is 0 Å². The maximum atomic E-state index is 14.0. The molecule has 0 aromatic heterocycles. The second kappa shape index (κ2) is 5.51. The predicted molar refractivity (Wildman–Crippen MR) is 67.1 cm³/mol. The topological polar surface area (TPSA) is 124 Å². The number of nitro benzene ring substituents is 1. The van der Waals surface area contributed by atoms with Gasteiger partial charge in [-0.25, -0.2) is 17.9 Å². The minimum Gasteiger partial charge on any atom is -0.342 e. The van der Waals surface area contributed by atoms with Crippen LogP contribution < -0.4 is 5.14 Å². The second-order valence-corrected chi connectivity index (χ2v) is 5.46. The van der Waals surface area contributed by atoms with Crippen LogP contribution >= 0.6 is 0 Å². The molecule has 0 aliphatic carbocycles. The molecule has 0 bridgehead atoms. The normalized spacial score (nSPS) is 11.2. The second-order valence-electron chi connectivity index (χ2n) is 3.93. The number of benzene rings is 1. The number of hydrogen-bond donors (Lipinski definition) is 1. The van der Waals surface area contributed by atoms with Gasteiger partial charge in [-0.05, 0) is 6.92 Å². The van der Waals surface area contributed by atoms with Gasteiger partial charge in [0.05, 0.1) is 10.5 Å². The van der Waals surface area contributed by atoms with Crippen molar-refractivity contribution in [1.82, 2.24) is 4.90 Å². The number of halogens is 1. The SMILES string of the molecule is CCN(C)C(=O)c1cc([N+](=O)[O-])cc(S(N)(=O)=O)c1F. The number of nitro groups is 1. The van der Waals surface area contributed by atoms with Crippen molar-refractivity contribution in [3.8, 4) is 0 Å². The maximum Gasteiger partial charge on any atom is 0.271 e. The van der Waals surface area contributed by atoms with Gasteiger partial charge in [-0.1, -0.05) is 0 Å². The van der Waals surface area contributed by atoms with Gasteiger partial charge in [-0.15, -0.1) is 0 Å². The Morgan fingerprint density at radius 2 is 2.05 bits per heavy atom. The van der Waals surface area contributed by atoms with Crippen LogP contribution in [0.3, 0.4) is 0 Å². The van der Waals surface area contributed by atoms with E-state index in [0.717, 1.165) is 4.90 Å². The van der Waals surface area contributed by atoms with Crippen molar-refractivity contribution in [3.63, 3.8) is 0 Å². The van der Waals surface area contributed by atoms with E-state index in [1.54, 1.807) is 6.92 Å². The van der Waals surface area contributed by atoms with Crippen molar-refractivity contribution in [2.45, 2.75) is 11.8 Å². The Hall–Kier alpha value is -2.07. The molecule has 1 rings (SSSR count). The van der Waals surface area contributed by atoms with Gasteiger partial charge in [0, 0.05) is 25.7 Å². The quantitative estimate of drug-likeness (QED) is 0.639. The molecule has 1 amide bonds. The van der Waals surface area contributed by atoms with E-state index in [0.29, 0.717) is 12.1 Å². The van der Waals surface area contributed by atoms with E-state index in [1.165, 1.54) is 7.05 Å². The monoisotopic (exact) mass is 305 g/mol. The van der Waals surface area contributed by atoms with Crippen LogP contribution in [0.25, 0.3) is 0 Å². The van der Waals surface area contributed by atoms with Crippen LogP contribution in [-0.2, 0) is 10.0 Å². The average molecular weight is 305 g/mol. The Kier molecular flexibility index (Phi) is 4.40. The summed E-state index contributed by atoms with van der Waals surface area (Å²) in [6.45, 7) is 1.82. The van der Waals surface area contributed by atoms with E-state index >= 15 is 0 Å². The molecule has 0 unspecified atom stereocenters. The zero-order valence-corrected chi connectivity index (χ0v) is 11.5. The van der Waals surface area contributed by atoms with Gasteiger partial charge in [0.2, 0.25) is 10.0 Å². The van der Waals surface area contributed by atoms with E-state index < -0.39 is 42.8 Å². The van der Waals surface area contributed by atoms with Crippen LogP contribution in [-0.4, -0.2) is 37.7 Å². The van der Waals surface area contributed by atoms with Gasteiger partial charge in [-0.2, -0.15) is 0 Å². The number of amides is 1. The van der Waals surface area contributed by atoms with Crippen molar-refractivity contribution in [2.24, 2.45) is 5.14 Å². The minimum atomic E-state index is -4.53. The third kappa shape index (κ3) is 3.08. The molecule has 8 nitrogen and oxygen atoms in total. The Labute approximate surface area is 114 Å². The van der Waals surface area contributed by atoms with Gasteiger partial charge in [-0.3, -0.25) is 14.9 Å². The molecular formula is C10H12FN3O5S. The van der Waals surface area contributed by atoms with Crippen molar-refractivity contribution < 1.29 is 22.5 Å². The summed E-state index contributed by atoms with van der Waals surface area (Å²) in [5.41, 5.74) is -1.45. The Bertz CT molecular complexity index is 674. The summed E-state index contributed by atoms with van der Waals surface area (Å²) in [4.78, 5) is 21.7. The van der Waals surface area contributed by atoms with E-state index in [2.05, 4.69) is 0 Å². The third-order valence-corrected chi connectivity index (χ3v) is 3.50. The first-order chi connectivity index (χ1) is 9.09. The summed E-state index contributed by atoms with van der Waals surface area (Å²) in [5.74, 6) is -2.28. The molecule has 20 heavy (non-hydrogen) atoms. The van der Waals surface area contributed by atoms with Crippen molar-refractivity contribution in [3.05, 3.63) is 33.6 Å². The first-order valence-corrected chi connectivity index (χ1v) is 6.90. The fraction of sp³-hybridized carbons (Fsp3) is 0.300. The van der Waals surface area contributed by atoms with E-state index in [9.17, 15) is 27.7 Å². The van der Waals surface area contributed by atoms with E-state index in [4.69, 9.17) is 5.14 Å². The molecular weight excluding hydrogens is 293 g/mol. The molecule has 0 heterocycles. The van der Waals surface area contributed by atoms with Crippen LogP contribution in [0.4, 0.5) is 10.1 Å². The van der Waals surface area contributed by atoms with Gasteiger partial charge in [0.1, 0.15) is 4.90 Å². The highest BCUT2D eigenvalue weighted by Crippen LogP contribution is 2.25. The van der Waals surface area contributed by atoms with E-state index in [-0.39, 0.29) is 6.54 Å². The molecule has 10 heteroatoms. The number of carbonyl (C=O) groups is 1. The maximum absolute atomic E-state index is 14.0. The average Bonchev–Trinajstić information content (AvgIpc) is 2.35. The van der Waals surface area contributed by atoms with Gasteiger partial charge < -0.3 is 4.90 Å². The third-order valence-electron chi connectivity index (χ3n) is 2.59. The highest BCUT2D eigenvalue weighted by molar-refractivity contribution is 7.89. The molecule has 0 aliphatic rings. The van der Waals surface area contributed by atoms with Crippen LogP contribution in [0.5, 0.6) is 0 Å². The molecule has 2 N–H and O–H groups in total. The molecule has 1 aromatic carbocycles. The lowest BCUT2D eigenvalue weighted by Crippen LogP contribution is -2.28. The molecule has 0 atom stereocenters. The smallest absolute Gasteiger partial charge is 0.271 e. The fourth-order valence-corrected chi connectivity index (χ4v) is 2.05. The van der Waals surface area contributed by atoms with Crippen molar-refractivity contribution in [2.75, 3.05) is 13.6 Å². The number of rotatable bonds is 4. The molecule has 1 aromatic rings.